The molecule has 6 aromatic rings. The second kappa shape index (κ2) is 13.7. The van der Waals surface area contributed by atoms with E-state index in [-0.39, 0.29) is 12.6 Å². The number of benzene rings is 4. The van der Waals surface area contributed by atoms with Crippen molar-refractivity contribution < 1.29 is 9.53 Å². The number of nitrogens with two attached hydrogens (primary N) is 1. The molecule has 0 aliphatic heterocycles. The van der Waals surface area contributed by atoms with Gasteiger partial charge in [-0.05, 0) is 65.9 Å². The Morgan fingerprint density at radius 1 is 0.851 bits per heavy atom. The minimum atomic E-state index is -0.224. The first kappa shape index (κ1) is 29.9. The number of imidazole rings is 1. The van der Waals surface area contributed by atoms with E-state index in [0.717, 1.165) is 40.8 Å². The Hall–Kier alpha value is -5.74. The van der Waals surface area contributed by atoms with Crippen molar-refractivity contribution in [1.29, 1.82) is 0 Å². The normalized spacial score (nSPS) is 13.1. The van der Waals surface area contributed by atoms with Gasteiger partial charge in [-0.3, -0.25) is 4.79 Å². The van der Waals surface area contributed by atoms with Gasteiger partial charge in [-0.1, -0.05) is 79.6 Å². The summed E-state index contributed by atoms with van der Waals surface area (Å²) in [4.78, 5) is 27.0. The molecule has 0 radical (unpaired) electrons. The highest BCUT2D eigenvalue weighted by Gasteiger charge is 2.22. The lowest BCUT2D eigenvalue weighted by atomic mass is 10.1. The van der Waals surface area contributed by atoms with E-state index in [1.54, 1.807) is 24.3 Å². The summed E-state index contributed by atoms with van der Waals surface area (Å²) in [7, 11) is 0. The number of rotatable bonds is 11. The van der Waals surface area contributed by atoms with E-state index >= 15 is 0 Å². The molecule has 1 aliphatic rings. The van der Waals surface area contributed by atoms with Crippen molar-refractivity contribution in [2.75, 3.05) is 28.4 Å². The molecule has 236 valence electrons. The van der Waals surface area contributed by atoms with Crippen molar-refractivity contribution in [3.8, 4) is 11.1 Å². The fourth-order valence-corrected chi connectivity index (χ4v) is 5.89. The summed E-state index contributed by atoms with van der Waals surface area (Å²) in [6.45, 7) is 0.547. The first-order valence-corrected chi connectivity index (χ1v) is 15.8. The Morgan fingerprint density at radius 2 is 1.57 bits per heavy atom. The molecule has 1 amide bonds. The van der Waals surface area contributed by atoms with Crippen LogP contribution in [0.25, 0.3) is 22.3 Å². The van der Waals surface area contributed by atoms with Gasteiger partial charge in [-0.15, -0.1) is 0 Å². The minimum Gasteiger partial charge on any atom is -0.397 e. The Labute approximate surface area is 273 Å². The minimum absolute atomic E-state index is 0.198. The zero-order chi connectivity index (χ0) is 32.0. The number of nitrogens with zero attached hydrogens (tertiary/aromatic N) is 4. The average molecular weight is 625 g/mol. The lowest BCUT2D eigenvalue weighted by Crippen LogP contribution is -2.13. The maximum Gasteiger partial charge on any atom is 0.255 e. The molecule has 0 bridgehead atoms. The van der Waals surface area contributed by atoms with Crippen LogP contribution in [-0.2, 0) is 11.3 Å². The predicted octanol–water partition coefficient (Wildman–Crippen LogP) is 7.77. The number of aromatic nitrogens is 4. The van der Waals surface area contributed by atoms with Crippen molar-refractivity contribution in [3.05, 3.63) is 121 Å². The molecule has 1 fully saturated rings. The molecule has 4 aromatic carbocycles. The average Bonchev–Trinajstić information content (AvgIpc) is 3.80. The molecule has 0 spiro atoms. The number of anilines is 5. The van der Waals surface area contributed by atoms with Gasteiger partial charge in [0.1, 0.15) is 6.73 Å². The number of ether oxygens (including phenoxy) is 1. The van der Waals surface area contributed by atoms with Gasteiger partial charge in [-0.25, -0.2) is 4.98 Å². The Morgan fingerprint density at radius 3 is 2.34 bits per heavy atom. The molecular formula is C37H36N8O2. The predicted molar refractivity (Wildman–Crippen MR) is 187 cm³/mol. The molecule has 0 atom stereocenters. The van der Waals surface area contributed by atoms with Crippen LogP contribution >= 0.6 is 0 Å². The third-order valence-corrected chi connectivity index (χ3v) is 8.42. The standard InChI is InChI=1S/C37H36N8O2/c38-31-12-6-7-13-32(31)42-36(46)28-16-14-25(15-17-28)22-47-24-40-37-43-34(33-35(44-37)45(23-39-33)30-10-4-5-11-30)41-29-20-18-27(19-21-29)26-8-2-1-3-9-26/h1-3,6-9,12-21,23,30H,4-5,10-11,22,24,38H2,(H,42,46)(H2,40,41,43,44). The lowest BCUT2D eigenvalue weighted by Gasteiger charge is -2.14. The Balaban J connectivity index is 1.02. The molecule has 47 heavy (non-hydrogen) atoms. The van der Waals surface area contributed by atoms with E-state index in [1.165, 1.54) is 18.4 Å². The third-order valence-electron chi connectivity index (χ3n) is 8.42. The number of nitrogen functional groups attached to an aromatic ring is 1. The Kier molecular flexibility index (Phi) is 8.74. The summed E-state index contributed by atoms with van der Waals surface area (Å²) in [5.41, 5.74) is 13.3. The lowest BCUT2D eigenvalue weighted by molar-refractivity contribution is 0.102. The maximum absolute atomic E-state index is 12.7. The van der Waals surface area contributed by atoms with Crippen LogP contribution in [0.5, 0.6) is 0 Å². The number of carbonyl (C=O) groups excluding carboxylic acids is 1. The molecule has 1 saturated carbocycles. The summed E-state index contributed by atoms with van der Waals surface area (Å²) in [6, 6.07) is 33.4. The number of carbonyl (C=O) groups is 1. The first-order chi connectivity index (χ1) is 23.1. The van der Waals surface area contributed by atoms with E-state index in [1.807, 2.05) is 60.9 Å². The van der Waals surface area contributed by atoms with Crippen LogP contribution in [0.4, 0.5) is 28.8 Å². The third kappa shape index (κ3) is 6.92. The van der Waals surface area contributed by atoms with Gasteiger partial charge >= 0.3 is 0 Å². The van der Waals surface area contributed by atoms with Gasteiger partial charge < -0.3 is 31.0 Å². The largest absolute Gasteiger partial charge is 0.397 e. The summed E-state index contributed by atoms with van der Waals surface area (Å²) in [5.74, 6) is 0.860. The van der Waals surface area contributed by atoms with Crippen molar-refractivity contribution in [1.82, 2.24) is 19.5 Å². The quantitative estimate of drug-likeness (QED) is 0.0653. The molecule has 2 aromatic heterocycles. The topological polar surface area (TPSA) is 132 Å². The zero-order valence-corrected chi connectivity index (χ0v) is 25.9. The number of hydrogen-bond acceptors (Lipinski definition) is 8. The SMILES string of the molecule is Nc1ccccc1NC(=O)c1ccc(COCNc2nc(Nc3ccc(-c4ccccc4)cc3)c3ncn(C4CCCC4)c3n2)cc1. The molecule has 5 N–H and O–H groups in total. The molecule has 0 unspecified atom stereocenters. The highest BCUT2D eigenvalue weighted by Crippen LogP contribution is 2.34. The van der Waals surface area contributed by atoms with Gasteiger partial charge in [0.25, 0.3) is 5.91 Å². The van der Waals surface area contributed by atoms with Crippen molar-refractivity contribution >= 4 is 45.9 Å². The smallest absolute Gasteiger partial charge is 0.255 e. The molecule has 1 aliphatic carbocycles. The van der Waals surface area contributed by atoms with Crippen molar-refractivity contribution in [3.63, 3.8) is 0 Å². The Bertz CT molecular complexity index is 1970. The number of hydrogen-bond donors (Lipinski definition) is 4. The zero-order valence-electron chi connectivity index (χ0n) is 25.9. The summed E-state index contributed by atoms with van der Waals surface area (Å²) in [5, 5.41) is 9.55. The van der Waals surface area contributed by atoms with Crippen LogP contribution in [0.2, 0.25) is 0 Å². The van der Waals surface area contributed by atoms with Gasteiger partial charge in [0.2, 0.25) is 5.95 Å². The number of nitrogens with one attached hydrogen (secondary N) is 3. The van der Waals surface area contributed by atoms with Crippen LogP contribution < -0.4 is 21.7 Å². The van der Waals surface area contributed by atoms with E-state index in [9.17, 15) is 4.79 Å². The van der Waals surface area contributed by atoms with Gasteiger partial charge in [0.15, 0.2) is 17.0 Å². The highest BCUT2D eigenvalue weighted by molar-refractivity contribution is 6.05. The van der Waals surface area contributed by atoms with Gasteiger partial charge in [0, 0.05) is 17.3 Å². The van der Waals surface area contributed by atoms with E-state index in [0.29, 0.717) is 41.4 Å². The molecule has 10 nitrogen and oxygen atoms in total. The van der Waals surface area contributed by atoms with Gasteiger partial charge in [-0.2, -0.15) is 9.97 Å². The molecule has 0 saturated heterocycles. The molecular weight excluding hydrogens is 588 g/mol. The fraction of sp³-hybridized carbons (Fsp3) is 0.189. The monoisotopic (exact) mass is 624 g/mol. The fourth-order valence-electron chi connectivity index (χ4n) is 5.89. The summed E-state index contributed by atoms with van der Waals surface area (Å²) >= 11 is 0. The molecule has 7 rings (SSSR count). The molecule has 2 heterocycles. The highest BCUT2D eigenvalue weighted by atomic mass is 16.5. The second-order valence-corrected chi connectivity index (χ2v) is 11.6. The van der Waals surface area contributed by atoms with E-state index in [4.69, 9.17) is 25.4 Å². The van der Waals surface area contributed by atoms with Crippen LogP contribution in [0.15, 0.2) is 109 Å². The van der Waals surface area contributed by atoms with E-state index in [2.05, 4.69) is 44.8 Å². The number of fused-ring (bicyclic) bond motifs is 1. The summed E-state index contributed by atoms with van der Waals surface area (Å²) in [6.07, 6.45) is 6.54. The number of para-hydroxylation sites is 2. The molecule has 10 heteroatoms. The van der Waals surface area contributed by atoms with Crippen LogP contribution in [0, 0.1) is 0 Å². The van der Waals surface area contributed by atoms with Crippen LogP contribution in [0.1, 0.15) is 47.6 Å². The van der Waals surface area contributed by atoms with Crippen molar-refractivity contribution in [2.45, 2.75) is 38.3 Å². The first-order valence-electron chi connectivity index (χ1n) is 15.8. The number of amides is 1. The van der Waals surface area contributed by atoms with Crippen molar-refractivity contribution in [2.24, 2.45) is 0 Å². The maximum atomic E-state index is 12.7. The summed E-state index contributed by atoms with van der Waals surface area (Å²) < 4.78 is 8.11. The van der Waals surface area contributed by atoms with Crippen LogP contribution in [0.3, 0.4) is 0 Å². The van der Waals surface area contributed by atoms with E-state index < -0.39 is 0 Å². The van der Waals surface area contributed by atoms with Crippen LogP contribution in [-0.4, -0.2) is 32.2 Å². The second-order valence-electron chi connectivity index (χ2n) is 11.6. The van der Waals surface area contributed by atoms with Gasteiger partial charge in [0.05, 0.1) is 24.3 Å².